The molecule has 0 bridgehead atoms. The van der Waals surface area contributed by atoms with Crippen LogP contribution in [0, 0.1) is 0 Å². The Morgan fingerprint density at radius 2 is 1.86 bits per heavy atom. The number of benzene rings is 2. The van der Waals surface area contributed by atoms with E-state index < -0.39 is 0 Å². The lowest BCUT2D eigenvalue weighted by Gasteiger charge is -2.16. The van der Waals surface area contributed by atoms with Crippen molar-refractivity contribution in [2.24, 2.45) is 0 Å². The van der Waals surface area contributed by atoms with E-state index >= 15 is 0 Å². The van der Waals surface area contributed by atoms with E-state index in [9.17, 15) is 4.79 Å². The monoisotopic (exact) mass is 310 g/mol. The largest absolute Gasteiger partial charge is 0.351 e. The molecule has 0 atom stereocenters. The van der Waals surface area contributed by atoms with Crippen LogP contribution >= 0.6 is 11.8 Å². The predicted molar refractivity (Wildman–Crippen MR) is 92.3 cm³/mol. The molecule has 0 radical (unpaired) electrons. The van der Waals surface area contributed by atoms with Crippen molar-refractivity contribution in [2.75, 3.05) is 13.3 Å². The summed E-state index contributed by atoms with van der Waals surface area (Å²) in [6.45, 7) is 0.600. The Kier molecular flexibility index (Phi) is 4.20. The Hall–Kier alpha value is -2.20. The van der Waals surface area contributed by atoms with E-state index in [4.69, 9.17) is 0 Å². The molecule has 3 aromatic rings. The standard InChI is InChI=1S/C18H18N2OS/c1-20(12-13-7-9-15(22-2)10-8-13)18(21)17-11-14-5-3-4-6-16(14)19-17/h3-11,19H,12H2,1-2H3. The minimum Gasteiger partial charge on any atom is -0.351 e. The lowest BCUT2D eigenvalue weighted by Crippen LogP contribution is -2.26. The molecule has 0 saturated heterocycles. The number of aromatic nitrogens is 1. The summed E-state index contributed by atoms with van der Waals surface area (Å²) < 4.78 is 0. The Labute approximate surface area is 134 Å². The zero-order chi connectivity index (χ0) is 15.5. The van der Waals surface area contributed by atoms with Crippen molar-refractivity contribution in [3.8, 4) is 0 Å². The van der Waals surface area contributed by atoms with Crippen LogP contribution in [0.5, 0.6) is 0 Å². The molecular formula is C18H18N2OS. The molecule has 1 amide bonds. The maximum absolute atomic E-state index is 12.5. The number of thioether (sulfide) groups is 1. The Morgan fingerprint density at radius 3 is 2.55 bits per heavy atom. The molecule has 112 valence electrons. The Balaban J connectivity index is 1.75. The number of carbonyl (C=O) groups excluding carboxylic acids is 1. The average molecular weight is 310 g/mol. The first kappa shape index (κ1) is 14.7. The normalized spacial score (nSPS) is 10.8. The van der Waals surface area contributed by atoms with Crippen molar-refractivity contribution < 1.29 is 4.79 Å². The number of hydrogen-bond acceptors (Lipinski definition) is 2. The van der Waals surface area contributed by atoms with E-state index in [-0.39, 0.29) is 5.91 Å². The molecule has 2 aromatic carbocycles. The van der Waals surface area contributed by atoms with Crippen molar-refractivity contribution in [1.29, 1.82) is 0 Å². The van der Waals surface area contributed by atoms with Crippen LogP contribution in [-0.4, -0.2) is 29.1 Å². The van der Waals surface area contributed by atoms with E-state index in [0.29, 0.717) is 12.2 Å². The summed E-state index contributed by atoms with van der Waals surface area (Å²) in [4.78, 5) is 18.7. The minimum absolute atomic E-state index is 0.00476. The summed E-state index contributed by atoms with van der Waals surface area (Å²) in [6, 6.07) is 18.1. The van der Waals surface area contributed by atoms with Gasteiger partial charge in [0.1, 0.15) is 5.69 Å². The van der Waals surface area contributed by atoms with Gasteiger partial charge >= 0.3 is 0 Å². The molecule has 0 fully saturated rings. The fourth-order valence-electron chi connectivity index (χ4n) is 2.47. The van der Waals surface area contributed by atoms with Crippen LogP contribution in [0.25, 0.3) is 10.9 Å². The quantitative estimate of drug-likeness (QED) is 0.734. The highest BCUT2D eigenvalue weighted by Gasteiger charge is 2.14. The maximum Gasteiger partial charge on any atom is 0.270 e. The number of hydrogen-bond donors (Lipinski definition) is 1. The van der Waals surface area contributed by atoms with Gasteiger partial charge in [0.2, 0.25) is 0 Å². The molecule has 1 aromatic heterocycles. The Morgan fingerprint density at radius 1 is 1.14 bits per heavy atom. The third-order valence-electron chi connectivity index (χ3n) is 3.69. The van der Waals surface area contributed by atoms with Crippen LogP contribution in [0.1, 0.15) is 16.1 Å². The number of amides is 1. The second kappa shape index (κ2) is 6.28. The molecule has 22 heavy (non-hydrogen) atoms. The van der Waals surface area contributed by atoms with Crippen molar-refractivity contribution >= 4 is 28.6 Å². The van der Waals surface area contributed by atoms with Crippen LogP contribution in [0.2, 0.25) is 0 Å². The number of fused-ring (bicyclic) bond motifs is 1. The van der Waals surface area contributed by atoms with Gasteiger partial charge in [0.05, 0.1) is 0 Å². The molecule has 0 aliphatic rings. The summed E-state index contributed by atoms with van der Waals surface area (Å²) in [6.07, 6.45) is 2.06. The van der Waals surface area contributed by atoms with Gasteiger partial charge in [-0.25, -0.2) is 0 Å². The third kappa shape index (κ3) is 3.02. The molecule has 1 N–H and O–H groups in total. The van der Waals surface area contributed by atoms with Crippen LogP contribution in [0.4, 0.5) is 0 Å². The molecule has 0 unspecified atom stereocenters. The SMILES string of the molecule is CSc1ccc(CN(C)C(=O)c2cc3ccccc3[nH]2)cc1. The number of H-pyrrole nitrogens is 1. The van der Waals surface area contributed by atoms with Crippen LogP contribution in [-0.2, 0) is 6.54 Å². The van der Waals surface area contributed by atoms with Crippen molar-refractivity contribution in [2.45, 2.75) is 11.4 Å². The second-order valence-electron chi connectivity index (χ2n) is 5.28. The van der Waals surface area contributed by atoms with Crippen molar-refractivity contribution in [3.05, 3.63) is 65.9 Å². The first-order valence-corrected chi connectivity index (χ1v) is 8.36. The number of nitrogens with one attached hydrogen (secondary N) is 1. The number of rotatable bonds is 4. The summed E-state index contributed by atoms with van der Waals surface area (Å²) in [5.41, 5.74) is 2.75. The topological polar surface area (TPSA) is 36.1 Å². The van der Waals surface area contributed by atoms with Gasteiger partial charge in [-0.2, -0.15) is 0 Å². The van der Waals surface area contributed by atoms with Gasteiger partial charge < -0.3 is 9.88 Å². The first-order chi connectivity index (χ1) is 10.7. The highest BCUT2D eigenvalue weighted by molar-refractivity contribution is 7.98. The Bertz CT molecular complexity index is 759. The zero-order valence-electron chi connectivity index (χ0n) is 12.7. The summed E-state index contributed by atoms with van der Waals surface area (Å²) in [7, 11) is 1.83. The number of para-hydroxylation sites is 1. The summed E-state index contributed by atoms with van der Waals surface area (Å²) in [5.74, 6) is 0.00476. The lowest BCUT2D eigenvalue weighted by molar-refractivity contribution is 0.0780. The maximum atomic E-state index is 12.5. The molecule has 0 aliphatic heterocycles. The van der Waals surface area contributed by atoms with Gasteiger partial charge in [0, 0.05) is 29.4 Å². The first-order valence-electron chi connectivity index (χ1n) is 7.13. The van der Waals surface area contributed by atoms with Gasteiger partial charge in [0.25, 0.3) is 5.91 Å². The fraction of sp³-hybridized carbons (Fsp3) is 0.167. The number of aromatic amines is 1. The van der Waals surface area contributed by atoms with Crippen LogP contribution < -0.4 is 0 Å². The lowest BCUT2D eigenvalue weighted by atomic mass is 10.2. The third-order valence-corrected chi connectivity index (χ3v) is 4.43. The van der Waals surface area contributed by atoms with E-state index in [1.165, 1.54) is 4.90 Å². The van der Waals surface area contributed by atoms with E-state index in [1.807, 2.05) is 37.4 Å². The number of nitrogens with zero attached hydrogens (tertiary/aromatic N) is 1. The molecule has 1 heterocycles. The molecule has 4 heteroatoms. The van der Waals surface area contributed by atoms with Gasteiger partial charge in [-0.1, -0.05) is 30.3 Å². The predicted octanol–water partition coefficient (Wildman–Crippen LogP) is 4.16. The highest BCUT2D eigenvalue weighted by Crippen LogP contribution is 2.18. The van der Waals surface area contributed by atoms with Crippen LogP contribution in [0.3, 0.4) is 0 Å². The van der Waals surface area contributed by atoms with Crippen molar-refractivity contribution in [1.82, 2.24) is 9.88 Å². The van der Waals surface area contributed by atoms with Crippen molar-refractivity contribution in [3.63, 3.8) is 0 Å². The highest BCUT2D eigenvalue weighted by atomic mass is 32.2. The zero-order valence-corrected chi connectivity index (χ0v) is 13.5. The molecule has 0 saturated carbocycles. The minimum atomic E-state index is 0.00476. The van der Waals surface area contributed by atoms with Gasteiger partial charge in [-0.15, -0.1) is 11.8 Å². The van der Waals surface area contributed by atoms with E-state index in [0.717, 1.165) is 16.5 Å². The fourth-order valence-corrected chi connectivity index (χ4v) is 2.88. The summed E-state index contributed by atoms with van der Waals surface area (Å²) in [5, 5.41) is 1.06. The average Bonchev–Trinajstić information content (AvgIpc) is 2.98. The van der Waals surface area contributed by atoms with Gasteiger partial charge in [-0.3, -0.25) is 4.79 Å². The summed E-state index contributed by atoms with van der Waals surface area (Å²) >= 11 is 1.72. The molecule has 0 aliphatic carbocycles. The number of carbonyl (C=O) groups is 1. The molecule has 3 rings (SSSR count). The van der Waals surface area contributed by atoms with Crippen LogP contribution in [0.15, 0.2) is 59.5 Å². The van der Waals surface area contributed by atoms with E-state index in [1.54, 1.807) is 16.7 Å². The van der Waals surface area contributed by atoms with E-state index in [2.05, 4.69) is 35.5 Å². The van der Waals surface area contributed by atoms with Gasteiger partial charge in [-0.05, 0) is 36.1 Å². The smallest absolute Gasteiger partial charge is 0.270 e. The molecule has 0 spiro atoms. The molecular weight excluding hydrogens is 292 g/mol. The molecule has 3 nitrogen and oxygen atoms in total. The second-order valence-corrected chi connectivity index (χ2v) is 6.16. The van der Waals surface area contributed by atoms with Gasteiger partial charge in [0.15, 0.2) is 0 Å².